The highest BCUT2D eigenvalue weighted by molar-refractivity contribution is 5.69. The van der Waals surface area contributed by atoms with Crippen LogP contribution in [0.5, 0.6) is 0 Å². The van der Waals surface area contributed by atoms with Gasteiger partial charge in [-0.1, -0.05) is 19.3 Å². The second kappa shape index (κ2) is 5.18. The Morgan fingerprint density at radius 2 is 2.25 bits per heavy atom. The molecule has 12 heavy (non-hydrogen) atoms. The summed E-state index contributed by atoms with van der Waals surface area (Å²) < 4.78 is 4.84. The van der Waals surface area contributed by atoms with E-state index >= 15 is 0 Å². The molecule has 70 valence electrons. The van der Waals surface area contributed by atoms with Gasteiger partial charge in [0.1, 0.15) is 0 Å². The lowest BCUT2D eigenvalue weighted by Gasteiger charge is -2.24. The summed E-state index contributed by atoms with van der Waals surface area (Å²) in [5.74, 6) is 0.885. The summed E-state index contributed by atoms with van der Waals surface area (Å²) >= 11 is 0. The van der Waals surface area contributed by atoms with Gasteiger partial charge in [0, 0.05) is 6.42 Å². The third-order valence-electron chi connectivity index (χ3n) is 2.52. The summed E-state index contributed by atoms with van der Waals surface area (Å²) in [6.45, 7) is 2.37. The maximum Gasteiger partial charge on any atom is 0.305 e. The van der Waals surface area contributed by atoms with Gasteiger partial charge < -0.3 is 4.74 Å². The zero-order valence-electron chi connectivity index (χ0n) is 7.84. The van der Waals surface area contributed by atoms with Crippen LogP contribution >= 0.6 is 0 Å². The van der Waals surface area contributed by atoms with E-state index in [0.717, 1.165) is 12.3 Å². The van der Waals surface area contributed by atoms with E-state index in [0.29, 0.717) is 13.0 Å². The number of ether oxygens (including phenoxy) is 1. The molecule has 0 radical (unpaired) electrons. The first kappa shape index (κ1) is 9.56. The quantitative estimate of drug-likeness (QED) is 0.593. The minimum absolute atomic E-state index is 0.0307. The summed E-state index contributed by atoms with van der Waals surface area (Å²) in [5, 5.41) is 0. The van der Waals surface area contributed by atoms with Crippen LogP contribution in [0.25, 0.3) is 0 Å². The Hall–Kier alpha value is -0.530. The maximum absolute atomic E-state index is 10.9. The zero-order chi connectivity index (χ0) is 8.81. The first-order chi connectivity index (χ1) is 5.83. The van der Waals surface area contributed by atoms with Gasteiger partial charge in [0.2, 0.25) is 0 Å². The highest BCUT2D eigenvalue weighted by atomic mass is 16.5. The van der Waals surface area contributed by atoms with E-state index in [-0.39, 0.29) is 5.97 Å². The van der Waals surface area contributed by atoms with Crippen molar-refractivity contribution in [1.29, 1.82) is 0 Å². The van der Waals surface area contributed by atoms with Crippen molar-refractivity contribution < 1.29 is 9.53 Å². The van der Waals surface area contributed by atoms with Crippen LogP contribution in [0.4, 0.5) is 0 Å². The van der Waals surface area contributed by atoms with Gasteiger partial charge in [-0.15, -0.1) is 0 Å². The van der Waals surface area contributed by atoms with Gasteiger partial charge in [0.25, 0.3) is 0 Å². The van der Waals surface area contributed by atoms with E-state index in [1.807, 2.05) is 6.92 Å². The maximum atomic E-state index is 10.9. The Labute approximate surface area is 74.3 Å². The van der Waals surface area contributed by atoms with Crippen LogP contribution in [-0.2, 0) is 9.53 Å². The molecule has 1 rings (SSSR count). The van der Waals surface area contributed by atoms with Crippen LogP contribution in [-0.4, -0.2) is 12.6 Å². The third-order valence-corrected chi connectivity index (χ3v) is 2.52. The summed E-state index contributed by atoms with van der Waals surface area (Å²) in [6, 6.07) is 0. The van der Waals surface area contributed by atoms with Crippen LogP contribution < -0.4 is 0 Å². The summed E-state index contributed by atoms with van der Waals surface area (Å²) in [6.07, 6.45) is 7.00. The lowest BCUT2D eigenvalue weighted by Crippen LogP contribution is -2.11. The first-order valence-electron chi connectivity index (χ1n) is 4.98. The summed E-state index contributed by atoms with van der Waals surface area (Å²) in [5.41, 5.74) is 0. The molecule has 1 aliphatic carbocycles. The van der Waals surface area contributed by atoms with Gasteiger partial charge in [-0.3, -0.25) is 4.79 Å². The average Bonchev–Trinajstić information content (AvgIpc) is 1.95. The van der Waals surface area contributed by atoms with Crippen LogP contribution in [0, 0.1) is 5.92 Å². The number of hydrogen-bond acceptors (Lipinski definition) is 2. The first-order valence-corrected chi connectivity index (χ1v) is 4.98. The zero-order valence-corrected chi connectivity index (χ0v) is 7.84. The fraction of sp³-hybridized carbons (Fsp3) is 0.900. The van der Waals surface area contributed by atoms with Crippen LogP contribution in [0.15, 0.2) is 0 Å². The Kier molecular flexibility index (Phi) is 4.12. The second-order valence-electron chi connectivity index (χ2n) is 3.49. The third kappa shape index (κ3) is 3.24. The fourth-order valence-corrected chi connectivity index (χ4v) is 1.55. The van der Waals surface area contributed by atoms with E-state index in [2.05, 4.69) is 0 Å². The number of carbonyl (C=O) groups is 1. The smallest absolute Gasteiger partial charge is 0.305 e. The predicted octanol–water partition coefficient (Wildman–Crippen LogP) is 2.52. The molecule has 0 aromatic rings. The Morgan fingerprint density at radius 1 is 1.50 bits per heavy atom. The monoisotopic (exact) mass is 170 g/mol. The van der Waals surface area contributed by atoms with E-state index in [1.54, 1.807) is 0 Å². The SMILES string of the molecule is CCOC(=O)CCCC1CCC1. The highest BCUT2D eigenvalue weighted by Crippen LogP contribution is 2.30. The number of esters is 1. The average molecular weight is 170 g/mol. The molecule has 0 spiro atoms. The molecule has 1 aliphatic rings. The van der Waals surface area contributed by atoms with Crippen molar-refractivity contribution in [2.75, 3.05) is 6.61 Å². The Balaban J connectivity index is 1.90. The van der Waals surface area contributed by atoms with Gasteiger partial charge in [-0.2, -0.15) is 0 Å². The van der Waals surface area contributed by atoms with Crippen molar-refractivity contribution in [3.63, 3.8) is 0 Å². The molecule has 1 saturated carbocycles. The minimum Gasteiger partial charge on any atom is -0.466 e. The van der Waals surface area contributed by atoms with Gasteiger partial charge in [0.15, 0.2) is 0 Å². The molecular formula is C10H18O2. The summed E-state index contributed by atoms with van der Waals surface area (Å²) in [4.78, 5) is 10.9. The molecule has 0 saturated heterocycles. The summed E-state index contributed by atoms with van der Waals surface area (Å²) in [7, 11) is 0. The second-order valence-corrected chi connectivity index (χ2v) is 3.49. The van der Waals surface area contributed by atoms with Crippen molar-refractivity contribution in [3.8, 4) is 0 Å². The standard InChI is InChI=1S/C10H18O2/c1-2-12-10(11)8-4-7-9-5-3-6-9/h9H,2-8H2,1H3. The van der Waals surface area contributed by atoms with Crippen molar-refractivity contribution >= 4 is 5.97 Å². The number of rotatable bonds is 5. The van der Waals surface area contributed by atoms with E-state index in [1.165, 1.54) is 25.7 Å². The van der Waals surface area contributed by atoms with E-state index in [4.69, 9.17) is 4.74 Å². The topological polar surface area (TPSA) is 26.3 Å². The molecule has 0 aromatic heterocycles. The van der Waals surface area contributed by atoms with Crippen LogP contribution in [0.2, 0.25) is 0 Å². The van der Waals surface area contributed by atoms with Gasteiger partial charge in [0.05, 0.1) is 6.61 Å². The lowest BCUT2D eigenvalue weighted by molar-refractivity contribution is -0.143. The molecule has 0 N–H and O–H groups in total. The molecule has 0 atom stereocenters. The van der Waals surface area contributed by atoms with Crippen molar-refractivity contribution in [1.82, 2.24) is 0 Å². The van der Waals surface area contributed by atoms with Gasteiger partial charge in [-0.05, 0) is 25.7 Å². The number of carbonyl (C=O) groups excluding carboxylic acids is 1. The van der Waals surface area contributed by atoms with Crippen molar-refractivity contribution in [2.45, 2.75) is 45.4 Å². The molecule has 0 bridgehead atoms. The molecular weight excluding hydrogens is 152 g/mol. The lowest BCUT2D eigenvalue weighted by atomic mass is 9.82. The van der Waals surface area contributed by atoms with E-state index < -0.39 is 0 Å². The molecule has 0 heterocycles. The van der Waals surface area contributed by atoms with Crippen molar-refractivity contribution in [2.24, 2.45) is 5.92 Å². The molecule has 0 unspecified atom stereocenters. The van der Waals surface area contributed by atoms with E-state index in [9.17, 15) is 4.79 Å². The normalized spacial score (nSPS) is 17.1. The Morgan fingerprint density at radius 3 is 2.75 bits per heavy atom. The molecule has 0 aliphatic heterocycles. The minimum atomic E-state index is -0.0307. The Bertz CT molecular complexity index is 139. The van der Waals surface area contributed by atoms with Gasteiger partial charge in [-0.25, -0.2) is 0 Å². The van der Waals surface area contributed by atoms with Crippen LogP contribution in [0.1, 0.15) is 45.4 Å². The molecule has 2 heteroatoms. The van der Waals surface area contributed by atoms with Gasteiger partial charge >= 0.3 is 5.97 Å². The van der Waals surface area contributed by atoms with Crippen molar-refractivity contribution in [3.05, 3.63) is 0 Å². The molecule has 0 aromatic carbocycles. The highest BCUT2D eigenvalue weighted by Gasteiger charge is 2.16. The fourth-order valence-electron chi connectivity index (χ4n) is 1.55. The molecule has 2 nitrogen and oxygen atoms in total. The molecule has 1 fully saturated rings. The largest absolute Gasteiger partial charge is 0.466 e. The predicted molar refractivity (Wildman–Crippen MR) is 47.8 cm³/mol. The molecule has 0 amide bonds. The number of hydrogen-bond donors (Lipinski definition) is 0. The van der Waals surface area contributed by atoms with Crippen LogP contribution in [0.3, 0.4) is 0 Å².